The largest absolute Gasteiger partial charge is 0.468 e. The van der Waals surface area contributed by atoms with Gasteiger partial charge in [-0.3, -0.25) is 9.59 Å². The van der Waals surface area contributed by atoms with Gasteiger partial charge in [-0.2, -0.15) is 0 Å². The molecule has 0 radical (unpaired) electrons. The van der Waals surface area contributed by atoms with Crippen molar-refractivity contribution in [3.8, 4) is 0 Å². The van der Waals surface area contributed by atoms with E-state index in [0.29, 0.717) is 18.0 Å². The third-order valence-electron chi connectivity index (χ3n) is 4.83. The molecule has 1 fully saturated rings. The van der Waals surface area contributed by atoms with Gasteiger partial charge < -0.3 is 14.2 Å². The van der Waals surface area contributed by atoms with Crippen molar-refractivity contribution in [1.82, 2.24) is 9.55 Å². The summed E-state index contributed by atoms with van der Waals surface area (Å²) < 4.78 is 6.69. The number of carbonyl (C=O) groups excluding carboxylic acids is 2. The number of benzene rings is 2. The third kappa shape index (κ3) is 3.28. The summed E-state index contributed by atoms with van der Waals surface area (Å²) in [7, 11) is 1.36. The van der Waals surface area contributed by atoms with E-state index in [-0.39, 0.29) is 24.3 Å². The number of imidazole rings is 1. The maximum atomic E-state index is 12.6. The molecule has 6 nitrogen and oxygen atoms in total. The van der Waals surface area contributed by atoms with E-state index in [1.54, 1.807) is 17.0 Å². The second-order valence-corrected chi connectivity index (χ2v) is 6.94. The van der Waals surface area contributed by atoms with Gasteiger partial charge in [0, 0.05) is 29.6 Å². The molecule has 1 atom stereocenters. The zero-order chi connectivity index (χ0) is 19.0. The topological polar surface area (TPSA) is 64.4 Å². The minimum absolute atomic E-state index is 0.0268. The minimum Gasteiger partial charge on any atom is -0.468 e. The van der Waals surface area contributed by atoms with E-state index >= 15 is 0 Å². The quantitative estimate of drug-likeness (QED) is 0.648. The molecule has 0 aliphatic carbocycles. The molecule has 0 N–H and O–H groups in total. The van der Waals surface area contributed by atoms with Crippen LogP contribution in [0.4, 0.5) is 5.69 Å². The van der Waals surface area contributed by atoms with Gasteiger partial charge in [0.2, 0.25) is 5.91 Å². The van der Waals surface area contributed by atoms with E-state index in [2.05, 4.69) is 0 Å². The maximum Gasteiger partial charge on any atom is 0.325 e. The number of fused-ring (bicyclic) bond motifs is 1. The summed E-state index contributed by atoms with van der Waals surface area (Å²) in [6, 6.07) is 14.8. The zero-order valence-corrected chi connectivity index (χ0v) is 15.5. The lowest BCUT2D eigenvalue weighted by atomic mass is 10.1. The Kier molecular flexibility index (Phi) is 4.58. The number of rotatable bonds is 4. The van der Waals surface area contributed by atoms with E-state index in [4.69, 9.17) is 21.3 Å². The molecule has 2 aromatic carbocycles. The molecule has 1 saturated heterocycles. The monoisotopic (exact) mass is 383 g/mol. The Balaban J connectivity index is 1.70. The van der Waals surface area contributed by atoms with Gasteiger partial charge >= 0.3 is 5.97 Å². The Hall–Kier alpha value is -2.86. The van der Waals surface area contributed by atoms with E-state index in [9.17, 15) is 9.59 Å². The van der Waals surface area contributed by atoms with Crippen molar-refractivity contribution < 1.29 is 14.3 Å². The highest BCUT2D eigenvalue weighted by molar-refractivity contribution is 6.30. The molecule has 1 aliphatic heterocycles. The van der Waals surface area contributed by atoms with Gasteiger partial charge in [0.25, 0.3) is 0 Å². The number of amides is 1. The zero-order valence-electron chi connectivity index (χ0n) is 14.8. The molecule has 0 spiro atoms. The van der Waals surface area contributed by atoms with E-state index in [1.165, 1.54) is 7.11 Å². The second kappa shape index (κ2) is 7.04. The average Bonchev–Trinajstić information content (AvgIpc) is 3.23. The number of anilines is 1. The fourth-order valence-electron chi connectivity index (χ4n) is 3.52. The number of halogens is 1. The Morgan fingerprint density at radius 2 is 1.96 bits per heavy atom. The molecule has 138 valence electrons. The standard InChI is InChI=1S/C20H18ClN3O3/c1-27-19(26)12-24-17-5-3-2-4-16(17)22-20(24)13-10-18(25)23(11-13)15-8-6-14(21)7-9-15/h2-9,13H,10-12H2,1H3. The molecule has 0 bridgehead atoms. The maximum absolute atomic E-state index is 12.6. The number of para-hydroxylation sites is 2. The number of esters is 1. The van der Waals surface area contributed by atoms with Crippen molar-refractivity contribution in [2.45, 2.75) is 18.9 Å². The number of carbonyl (C=O) groups is 2. The van der Waals surface area contributed by atoms with Crippen molar-refractivity contribution in [3.63, 3.8) is 0 Å². The van der Waals surface area contributed by atoms with Gasteiger partial charge in [-0.25, -0.2) is 4.98 Å². The van der Waals surface area contributed by atoms with Crippen LogP contribution in [-0.2, 0) is 20.9 Å². The van der Waals surface area contributed by atoms with E-state index in [1.807, 2.05) is 41.0 Å². The Labute approximate surface area is 161 Å². The second-order valence-electron chi connectivity index (χ2n) is 6.50. The van der Waals surface area contributed by atoms with Gasteiger partial charge in [0.05, 0.1) is 18.1 Å². The van der Waals surface area contributed by atoms with Gasteiger partial charge in [0.1, 0.15) is 12.4 Å². The highest BCUT2D eigenvalue weighted by Gasteiger charge is 2.35. The molecule has 4 rings (SSSR count). The predicted octanol–water partition coefficient (Wildman–Crippen LogP) is 3.38. The molecule has 1 amide bonds. The van der Waals surface area contributed by atoms with Crippen LogP contribution in [0.25, 0.3) is 11.0 Å². The number of ether oxygens (including phenoxy) is 1. The summed E-state index contributed by atoms with van der Waals surface area (Å²) in [6.45, 7) is 0.572. The van der Waals surface area contributed by atoms with Gasteiger partial charge in [0.15, 0.2) is 0 Å². The number of hydrogen-bond donors (Lipinski definition) is 0. The lowest BCUT2D eigenvalue weighted by Gasteiger charge is -2.17. The van der Waals surface area contributed by atoms with Crippen LogP contribution in [0.15, 0.2) is 48.5 Å². The predicted molar refractivity (Wildman–Crippen MR) is 103 cm³/mol. The molecule has 3 aromatic rings. The first kappa shape index (κ1) is 17.5. The molecule has 7 heteroatoms. The Morgan fingerprint density at radius 1 is 1.22 bits per heavy atom. The van der Waals surface area contributed by atoms with Crippen LogP contribution in [0.5, 0.6) is 0 Å². The summed E-state index contributed by atoms with van der Waals surface area (Å²) in [5.41, 5.74) is 2.46. The van der Waals surface area contributed by atoms with Crippen molar-refractivity contribution in [1.29, 1.82) is 0 Å². The van der Waals surface area contributed by atoms with Gasteiger partial charge in [-0.1, -0.05) is 23.7 Å². The lowest BCUT2D eigenvalue weighted by molar-refractivity contribution is -0.141. The third-order valence-corrected chi connectivity index (χ3v) is 5.08. The molecule has 1 aromatic heterocycles. The van der Waals surface area contributed by atoms with Crippen molar-refractivity contribution in [3.05, 3.63) is 59.4 Å². The normalized spacial score (nSPS) is 16.9. The highest BCUT2D eigenvalue weighted by Crippen LogP contribution is 2.33. The van der Waals surface area contributed by atoms with Crippen LogP contribution in [0.3, 0.4) is 0 Å². The summed E-state index contributed by atoms with van der Waals surface area (Å²) in [6.07, 6.45) is 0.340. The minimum atomic E-state index is -0.349. The van der Waals surface area contributed by atoms with Crippen LogP contribution >= 0.6 is 11.6 Å². The number of nitrogens with zero attached hydrogens (tertiary/aromatic N) is 3. The number of hydrogen-bond acceptors (Lipinski definition) is 4. The molecular weight excluding hydrogens is 366 g/mol. The summed E-state index contributed by atoms with van der Waals surface area (Å²) in [4.78, 5) is 31.0. The van der Waals surface area contributed by atoms with Crippen LogP contribution in [0.1, 0.15) is 18.2 Å². The highest BCUT2D eigenvalue weighted by atomic mass is 35.5. The Morgan fingerprint density at radius 3 is 2.70 bits per heavy atom. The van der Waals surface area contributed by atoms with Crippen molar-refractivity contribution >= 4 is 40.2 Å². The summed E-state index contributed by atoms with van der Waals surface area (Å²) >= 11 is 5.95. The average molecular weight is 384 g/mol. The number of aromatic nitrogens is 2. The lowest BCUT2D eigenvalue weighted by Crippen LogP contribution is -2.24. The SMILES string of the molecule is COC(=O)Cn1c(C2CC(=O)N(c3ccc(Cl)cc3)C2)nc2ccccc21. The van der Waals surface area contributed by atoms with Gasteiger partial charge in [-0.05, 0) is 36.4 Å². The summed E-state index contributed by atoms with van der Waals surface area (Å²) in [5.74, 6) is 0.300. The number of methoxy groups -OCH3 is 1. The van der Waals surface area contributed by atoms with Crippen LogP contribution < -0.4 is 4.90 Å². The first-order valence-corrected chi connectivity index (χ1v) is 9.02. The smallest absolute Gasteiger partial charge is 0.325 e. The van der Waals surface area contributed by atoms with E-state index in [0.717, 1.165) is 22.5 Å². The first-order valence-electron chi connectivity index (χ1n) is 8.64. The molecule has 1 aliphatic rings. The first-order chi connectivity index (χ1) is 13.1. The van der Waals surface area contributed by atoms with Crippen LogP contribution in [0, 0.1) is 0 Å². The summed E-state index contributed by atoms with van der Waals surface area (Å²) in [5, 5.41) is 0.627. The van der Waals surface area contributed by atoms with Gasteiger partial charge in [-0.15, -0.1) is 0 Å². The molecule has 1 unspecified atom stereocenters. The van der Waals surface area contributed by atoms with Crippen molar-refractivity contribution in [2.75, 3.05) is 18.6 Å². The fourth-order valence-corrected chi connectivity index (χ4v) is 3.64. The Bertz CT molecular complexity index is 1010. The van der Waals surface area contributed by atoms with Crippen LogP contribution in [0.2, 0.25) is 5.02 Å². The van der Waals surface area contributed by atoms with E-state index < -0.39 is 0 Å². The van der Waals surface area contributed by atoms with Crippen LogP contribution in [-0.4, -0.2) is 35.1 Å². The molecule has 0 saturated carbocycles. The molecule has 27 heavy (non-hydrogen) atoms. The molecule has 2 heterocycles. The fraction of sp³-hybridized carbons (Fsp3) is 0.250. The molecular formula is C20H18ClN3O3. The van der Waals surface area contributed by atoms with Crippen molar-refractivity contribution in [2.24, 2.45) is 0 Å².